The monoisotopic (exact) mass is 569 g/mol. The number of hydrogen-bond donors (Lipinski definition) is 2. The van der Waals surface area contributed by atoms with Gasteiger partial charge in [0, 0.05) is 29.4 Å². The predicted octanol–water partition coefficient (Wildman–Crippen LogP) is 7.24. The van der Waals surface area contributed by atoms with Gasteiger partial charge in [-0.2, -0.15) is 5.26 Å². The number of ether oxygens (including phenoxy) is 1. The van der Waals surface area contributed by atoms with Crippen molar-refractivity contribution in [3.8, 4) is 11.8 Å². The molecule has 0 bridgehead atoms. The molecule has 2 aromatic heterocycles. The molecule has 0 saturated heterocycles. The first-order chi connectivity index (χ1) is 18.9. The Morgan fingerprint density at radius 1 is 1.20 bits per heavy atom. The molecule has 2 N–H and O–H groups in total. The van der Waals surface area contributed by atoms with Crippen LogP contribution in [0.3, 0.4) is 0 Å². The van der Waals surface area contributed by atoms with Crippen LogP contribution in [0.4, 0.5) is 24.5 Å². The van der Waals surface area contributed by atoms with Crippen LogP contribution >= 0.6 is 11.6 Å². The van der Waals surface area contributed by atoms with Gasteiger partial charge in [0.1, 0.15) is 23.6 Å². The fraction of sp³-hybridized carbons (Fsp3) is 0.357. The fourth-order valence-corrected chi connectivity index (χ4v) is 4.59. The highest BCUT2D eigenvalue weighted by atomic mass is 35.5. The molecular weight excluding hydrogens is 543 g/mol. The van der Waals surface area contributed by atoms with Crippen LogP contribution in [0.25, 0.3) is 10.9 Å². The van der Waals surface area contributed by atoms with Crippen molar-refractivity contribution in [2.75, 3.05) is 17.2 Å². The van der Waals surface area contributed by atoms with E-state index in [0.717, 1.165) is 12.8 Å². The lowest BCUT2D eigenvalue weighted by Crippen LogP contribution is -2.21. The third kappa shape index (κ3) is 6.23. The number of hydrogen-bond acceptors (Lipinski definition) is 7. The van der Waals surface area contributed by atoms with Gasteiger partial charge >= 0.3 is 6.36 Å². The van der Waals surface area contributed by atoms with Crippen molar-refractivity contribution in [1.82, 2.24) is 20.0 Å². The van der Waals surface area contributed by atoms with Crippen LogP contribution in [0, 0.1) is 16.7 Å². The van der Waals surface area contributed by atoms with E-state index in [1.807, 2.05) is 0 Å². The van der Waals surface area contributed by atoms with E-state index >= 15 is 0 Å². The standard InChI is InChI=1S/C28H27ClF3N7O/c1-27(2,3)15-35-24-16(12-33)13-34-25-20(24)10-17(11-21(25)29)36-26(22-14-39(38-37-22)18-8-9-18)19-6-4-5-7-23(19)40-28(30,31)32/h4-7,10-11,13-14,18,26,36H,8-9,15H2,1-3H3,(H,34,35). The number of rotatable bonds is 8. The van der Waals surface area contributed by atoms with Gasteiger partial charge in [-0.1, -0.05) is 55.8 Å². The van der Waals surface area contributed by atoms with Gasteiger partial charge < -0.3 is 15.4 Å². The maximum atomic E-state index is 13.3. The van der Waals surface area contributed by atoms with Gasteiger partial charge in [0.25, 0.3) is 0 Å². The number of nitrogens with one attached hydrogen (secondary N) is 2. The van der Waals surface area contributed by atoms with E-state index in [1.54, 1.807) is 35.1 Å². The van der Waals surface area contributed by atoms with Gasteiger partial charge in [0.2, 0.25) is 0 Å². The third-order valence-corrected chi connectivity index (χ3v) is 6.64. The van der Waals surface area contributed by atoms with Crippen molar-refractivity contribution in [1.29, 1.82) is 5.26 Å². The van der Waals surface area contributed by atoms with E-state index in [9.17, 15) is 18.4 Å². The summed E-state index contributed by atoms with van der Waals surface area (Å²) >= 11 is 6.65. The molecule has 4 aromatic rings. The maximum absolute atomic E-state index is 13.3. The number of para-hydroxylation sites is 1. The van der Waals surface area contributed by atoms with Gasteiger partial charge in [0.05, 0.1) is 34.0 Å². The SMILES string of the molecule is CC(C)(C)CNc1c(C#N)cnc2c(Cl)cc(NC(c3cn(C4CC4)nn3)c3ccccc3OC(F)(F)F)cc12. The number of pyridine rings is 1. The summed E-state index contributed by atoms with van der Waals surface area (Å²) in [4.78, 5) is 4.38. The van der Waals surface area contributed by atoms with Crippen molar-refractivity contribution >= 4 is 33.9 Å². The molecule has 1 unspecified atom stereocenters. The van der Waals surface area contributed by atoms with Crippen molar-refractivity contribution in [2.24, 2.45) is 5.41 Å². The molecule has 208 valence electrons. The molecule has 0 spiro atoms. The van der Waals surface area contributed by atoms with Crippen molar-refractivity contribution < 1.29 is 17.9 Å². The lowest BCUT2D eigenvalue weighted by atomic mass is 9.96. The highest BCUT2D eigenvalue weighted by Crippen LogP contribution is 2.40. The summed E-state index contributed by atoms with van der Waals surface area (Å²) in [5.41, 5.74) is 2.44. The number of aromatic nitrogens is 4. The number of nitriles is 1. The highest BCUT2D eigenvalue weighted by Gasteiger charge is 2.34. The number of halogens is 4. The summed E-state index contributed by atoms with van der Waals surface area (Å²) < 4.78 is 46.0. The Labute approximate surface area is 234 Å². The lowest BCUT2D eigenvalue weighted by Gasteiger charge is -2.23. The Balaban J connectivity index is 1.61. The highest BCUT2D eigenvalue weighted by molar-refractivity contribution is 6.35. The van der Waals surface area contributed by atoms with Gasteiger partial charge in [-0.25, -0.2) is 4.68 Å². The van der Waals surface area contributed by atoms with Crippen molar-refractivity contribution in [3.05, 3.63) is 70.6 Å². The molecule has 2 heterocycles. The minimum atomic E-state index is -4.88. The second-order valence-electron chi connectivity index (χ2n) is 10.9. The number of anilines is 2. The average Bonchev–Trinajstić information content (AvgIpc) is 3.61. The number of alkyl halides is 3. The van der Waals surface area contributed by atoms with Gasteiger partial charge in [-0.05, 0) is 36.5 Å². The minimum absolute atomic E-state index is 0.0807. The molecule has 1 aliphatic carbocycles. The van der Waals surface area contributed by atoms with Crippen molar-refractivity contribution in [2.45, 2.75) is 52.1 Å². The number of nitrogens with zero attached hydrogens (tertiary/aromatic N) is 5. The average molecular weight is 570 g/mol. The van der Waals surface area contributed by atoms with Gasteiger partial charge in [-0.3, -0.25) is 4.98 Å². The predicted molar refractivity (Wildman–Crippen MR) is 146 cm³/mol. The summed E-state index contributed by atoms with van der Waals surface area (Å²) in [5.74, 6) is -0.360. The summed E-state index contributed by atoms with van der Waals surface area (Å²) in [6, 6.07) is 10.8. The Morgan fingerprint density at radius 3 is 2.62 bits per heavy atom. The Hall–Kier alpha value is -4.04. The van der Waals surface area contributed by atoms with E-state index in [4.69, 9.17) is 11.6 Å². The van der Waals surface area contributed by atoms with Gasteiger partial charge in [-0.15, -0.1) is 18.3 Å². The molecule has 0 radical (unpaired) electrons. The first-order valence-corrected chi connectivity index (χ1v) is 13.1. The maximum Gasteiger partial charge on any atom is 0.573 e. The normalized spacial score (nSPS) is 14.6. The zero-order chi connectivity index (χ0) is 28.7. The summed E-state index contributed by atoms with van der Waals surface area (Å²) in [7, 11) is 0. The molecule has 0 amide bonds. The topological polar surface area (TPSA) is 101 Å². The largest absolute Gasteiger partial charge is 0.573 e. The van der Waals surface area contributed by atoms with Crippen LogP contribution in [0.15, 0.2) is 48.8 Å². The van der Waals surface area contributed by atoms with Crippen LogP contribution in [0.1, 0.15) is 62.5 Å². The molecule has 1 fully saturated rings. The molecule has 1 saturated carbocycles. The summed E-state index contributed by atoms with van der Waals surface area (Å²) in [6.07, 6.45) is 0.247. The Kier molecular flexibility index (Phi) is 7.23. The number of benzene rings is 2. The van der Waals surface area contributed by atoms with Gasteiger partial charge in [0.15, 0.2) is 0 Å². The second-order valence-corrected chi connectivity index (χ2v) is 11.4. The van der Waals surface area contributed by atoms with Crippen molar-refractivity contribution in [3.63, 3.8) is 0 Å². The van der Waals surface area contributed by atoms with Crippen LogP contribution in [-0.4, -0.2) is 32.9 Å². The third-order valence-electron chi connectivity index (χ3n) is 6.35. The lowest BCUT2D eigenvalue weighted by molar-refractivity contribution is -0.274. The molecule has 8 nitrogen and oxygen atoms in total. The van der Waals surface area contributed by atoms with Crippen LogP contribution in [0.2, 0.25) is 5.02 Å². The van der Waals surface area contributed by atoms with Crippen LogP contribution in [-0.2, 0) is 0 Å². The zero-order valence-electron chi connectivity index (χ0n) is 22.1. The summed E-state index contributed by atoms with van der Waals surface area (Å²) in [6.45, 7) is 6.77. The smallest absolute Gasteiger partial charge is 0.405 e. The van der Waals surface area contributed by atoms with Crippen LogP contribution < -0.4 is 15.4 Å². The van der Waals surface area contributed by atoms with E-state index in [0.29, 0.717) is 45.1 Å². The Bertz CT molecular complexity index is 1590. The minimum Gasteiger partial charge on any atom is -0.405 e. The molecular formula is C28H27ClF3N7O. The van der Waals surface area contributed by atoms with E-state index in [1.165, 1.54) is 18.3 Å². The van der Waals surface area contributed by atoms with E-state index in [-0.39, 0.29) is 22.8 Å². The first-order valence-electron chi connectivity index (χ1n) is 12.7. The molecule has 5 rings (SSSR count). The first kappa shape index (κ1) is 27.5. The second kappa shape index (κ2) is 10.5. The molecule has 40 heavy (non-hydrogen) atoms. The molecule has 0 aliphatic heterocycles. The quantitative estimate of drug-likeness (QED) is 0.230. The number of fused-ring (bicyclic) bond motifs is 1. The van der Waals surface area contributed by atoms with E-state index < -0.39 is 12.4 Å². The van der Waals surface area contributed by atoms with E-state index in [2.05, 4.69) is 57.5 Å². The fourth-order valence-electron chi connectivity index (χ4n) is 4.33. The van der Waals surface area contributed by atoms with Crippen LogP contribution in [0.5, 0.6) is 5.75 Å². The Morgan fingerprint density at radius 2 is 1.95 bits per heavy atom. The zero-order valence-corrected chi connectivity index (χ0v) is 22.8. The molecule has 1 atom stereocenters. The molecule has 2 aromatic carbocycles. The molecule has 12 heteroatoms. The molecule has 1 aliphatic rings. The summed E-state index contributed by atoms with van der Waals surface area (Å²) in [5, 5.41) is 25.8.